The summed E-state index contributed by atoms with van der Waals surface area (Å²) in [6.45, 7) is 1.06. The molecule has 21 heavy (non-hydrogen) atoms. The van der Waals surface area contributed by atoms with Gasteiger partial charge in [-0.3, -0.25) is 4.79 Å². The molecule has 1 N–H and O–H groups in total. The fourth-order valence-corrected chi connectivity index (χ4v) is 2.38. The van der Waals surface area contributed by atoms with Gasteiger partial charge in [-0.25, -0.2) is 4.98 Å². The second kappa shape index (κ2) is 5.93. The summed E-state index contributed by atoms with van der Waals surface area (Å²) in [6.07, 6.45) is 9.00. The topological polar surface area (TPSA) is 58.4 Å². The van der Waals surface area contributed by atoms with Crippen LogP contribution < -0.4 is 0 Å². The van der Waals surface area contributed by atoms with Crippen LogP contribution in [0.5, 0.6) is 0 Å². The number of benzene rings is 1. The van der Waals surface area contributed by atoms with Crippen LogP contribution in [0, 0.1) is 0 Å². The number of rotatable bonds is 3. The molecule has 1 atom stereocenters. The Morgan fingerprint density at radius 2 is 2.14 bits per heavy atom. The van der Waals surface area contributed by atoms with Gasteiger partial charge in [-0.1, -0.05) is 12.1 Å². The van der Waals surface area contributed by atoms with Gasteiger partial charge in [0.15, 0.2) is 0 Å². The molecule has 1 saturated heterocycles. The molecule has 1 fully saturated rings. The van der Waals surface area contributed by atoms with Gasteiger partial charge in [-0.05, 0) is 30.2 Å². The third-order valence-electron chi connectivity index (χ3n) is 3.59. The van der Waals surface area contributed by atoms with E-state index < -0.39 is 0 Å². The van der Waals surface area contributed by atoms with Crippen molar-refractivity contribution >= 4 is 12.0 Å². The average molecular weight is 283 g/mol. The lowest BCUT2D eigenvalue weighted by molar-refractivity contribution is -0.125. The van der Waals surface area contributed by atoms with E-state index in [1.807, 2.05) is 35.0 Å². The Labute approximate surface area is 123 Å². The average Bonchev–Trinajstić information content (AvgIpc) is 3.16. The van der Waals surface area contributed by atoms with Gasteiger partial charge in [0.05, 0.1) is 12.4 Å². The second-order valence-electron chi connectivity index (χ2n) is 5.12. The highest BCUT2D eigenvalue weighted by Gasteiger charge is 2.22. The minimum Gasteiger partial charge on any atom is -0.391 e. The quantitative estimate of drug-likeness (QED) is 0.868. The van der Waals surface area contributed by atoms with Gasteiger partial charge in [0.2, 0.25) is 5.91 Å². The van der Waals surface area contributed by atoms with E-state index in [1.165, 1.54) is 0 Å². The summed E-state index contributed by atoms with van der Waals surface area (Å²) in [5.41, 5.74) is 1.99. The van der Waals surface area contributed by atoms with Crippen molar-refractivity contribution in [3.8, 4) is 5.69 Å². The van der Waals surface area contributed by atoms with E-state index in [0.29, 0.717) is 19.5 Å². The summed E-state index contributed by atoms with van der Waals surface area (Å²) in [5.74, 6) is -0.0507. The number of carbonyl (C=O) groups excluding carboxylic acids is 1. The van der Waals surface area contributed by atoms with Crippen molar-refractivity contribution in [2.24, 2.45) is 0 Å². The third kappa shape index (κ3) is 3.20. The highest BCUT2D eigenvalue weighted by molar-refractivity contribution is 5.92. The minimum absolute atomic E-state index is 0.0507. The van der Waals surface area contributed by atoms with Crippen molar-refractivity contribution in [1.82, 2.24) is 14.5 Å². The molecule has 0 saturated carbocycles. The van der Waals surface area contributed by atoms with Gasteiger partial charge in [0, 0.05) is 37.2 Å². The number of carbonyl (C=O) groups is 1. The van der Waals surface area contributed by atoms with Gasteiger partial charge in [0.1, 0.15) is 0 Å². The maximum atomic E-state index is 11.9. The van der Waals surface area contributed by atoms with Crippen molar-refractivity contribution in [2.75, 3.05) is 13.1 Å². The number of hydrogen-bond donors (Lipinski definition) is 1. The highest BCUT2D eigenvalue weighted by atomic mass is 16.3. The Hall–Kier alpha value is -2.40. The molecule has 1 aliphatic heterocycles. The maximum absolute atomic E-state index is 11.9. The first-order valence-electron chi connectivity index (χ1n) is 6.96. The summed E-state index contributed by atoms with van der Waals surface area (Å²) >= 11 is 0. The molecule has 0 bridgehead atoms. The third-order valence-corrected chi connectivity index (χ3v) is 3.59. The Morgan fingerprint density at radius 1 is 1.33 bits per heavy atom. The number of aromatic nitrogens is 2. The fraction of sp³-hybridized carbons (Fsp3) is 0.250. The smallest absolute Gasteiger partial charge is 0.246 e. The summed E-state index contributed by atoms with van der Waals surface area (Å²) in [7, 11) is 0. The minimum atomic E-state index is -0.378. The standard InChI is InChI=1S/C16H17N3O2/c20-15-7-9-18(11-15)16(21)6-3-13-1-4-14(5-2-13)19-10-8-17-12-19/h1-6,8,10,12,15,20H,7,9,11H2/b6-3+/t15-/m1/s1. The first kappa shape index (κ1) is 13.6. The van der Waals surface area contributed by atoms with Crippen LogP contribution in [0.1, 0.15) is 12.0 Å². The van der Waals surface area contributed by atoms with Crippen molar-refractivity contribution in [3.63, 3.8) is 0 Å². The molecule has 5 nitrogen and oxygen atoms in total. The lowest BCUT2D eigenvalue weighted by atomic mass is 10.2. The molecule has 1 aromatic heterocycles. The van der Waals surface area contributed by atoms with Gasteiger partial charge in [-0.15, -0.1) is 0 Å². The monoisotopic (exact) mass is 283 g/mol. The first-order valence-corrected chi connectivity index (χ1v) is 6.96. The molecule has 0 spiro atoms. The molecule has 1 amide bonds. The van der Waals surface area contributed by atoms with Gasteiger partial charge >= 0.3 is 0 Å². The van der Waals surface area contributed by atoms with Crippen LogP contribution in [-0.4, -0.2) is 44.7 Å². The van der Waals surface area contributed by atoms with Gasteiger partial charge < -0.3 is 14.6 Å². The molecular formula is C16H17N3O2. The van der Waals surface area contributed by atoms with E-state index in [9.17, 15) is 9.90 Å². The first-order chi connectivity index (χ1) is 10.2. The Balaban J connectivity index is 1.65. The molecule has 0 radical (unpaired) electrons. The lowest BCUT2D eigenvalue weighted by Crippen LogP contribution is -2.27. The summed E-state index contributed by atoms with van der Waals surface area (Å²) < 4.78 is 1.92. The van der Waals surface area contributed by atoms with Crippen molar-refractivity contribution < 1.29 is 9.90 Å². The van der Waals surface area contributed by atoms with E-state index in [2.05, 4.69) is 4.98 Å². The number of amides is 1. The van der Waals surface area contributed by atoms with Gasteiger partial charge in [0.25, 0.3) is 0 Å². The van der Waals surface area contributed by atoms with Crippen molar-refractivity contribution in [2.45, 2.75) is 12.5 Å². The van der Waals surface area contributed by atoms with Crippen LogP contribution >= 0.6 is 0 Å². The van der Waals surface area contributed by atoms with Crippen LogP contribution in [0.4, 0.5) is 0 Å². The molecule has 0 unspecified atom stereocenters. The molecule has 1 aromatic carbocycles. The zero-order valence-corrected chi connectivity index (χ0v) is 11.6. The second-order valence-corrected chi connectivity index (χ2v) is 5.12. The lowest BCUT2D eigenvalue weighted by Gasteiger charge is -2.12. The Morgan fingerprint density at radius 3 is 2.76 bits per heavy atom. The largest absolute Gasteiger partial charge is 0.391 e. The van der Waals surface area contributed by atoms with E-state index in [-0.39, 0.29) is 12.0 Å². The van der Waals surface area contributed by atoms with Crippen LogP contribution in [0.2, 0.25) is 0 Å². The number of β-amino-alcohol motifs (C(OH)–C–C–N with tert-alkyl or cyclic N) is 1. The molecule has 0 aliphatic carbocycles. The molecule has 2 aromatic rings. The van der Waals surface area contributed by atoms with Crippen molar-refractivity contribution in [3.05, 3.63) is 54.6 Å². The summed E-state index contributed by atoms with van der Waals surface area (Å²) in [5, 5.41) is 9.43. The highest BCUT2D eigenvalue weighted by Crippen LogP contribution is 2.12. The van der Waals surface area contributed by atoms with Crippen LogP contribution in [-0.2, 0) is 4.79 Å². The zero-order chi connectivity index (χ0) is 14.7. The Bertz CT molecular complexity index is 632. The fourth-order valence-electron chi connectivity index (χ4n) is 2.38. The molecule has 3 rings (SSSR count). The number of likely N-dealkylation sites (tertiary alicyclic amines) is 1. The number of hydrogen-bond acceptors (Lipinski definition) is 3. The molecule has 108 valence electrons. The predicted molar refractivity (Wildman–Crippen MR) is 79.8 cm³/mol. The van der Waals surface area contributed by atoms with Crippen LogP contribution in [0.3, 0.4) is 0 Å². The predicted octanol–water partition coefficient (Wildman–Crippen LogP) is 1.48. The SMILES string of the molecule is O=C(/C=C/c1ccc(-n2ccnc2)cc1)N1CC[C@@H](O)C1. The van der Waals surface area contributed by atoms with E-state index >= 15 is 0 Å². The molecular weight excluding hydrogens is 266 g/mol. The maximum Gasteiger partial charge on any atom is 0.246 e. The zero-order valence-electron chi connectivity index (χ0n) is 11.6. The van der Waals surface area contributed by atoms with Gasteiger partial charge in [-0.2, -0.15) is 0 Å². The van der Waals surface area contributed by atoms with E-state index in [0.717, 1.165) is 11.3 Å². The number of imidazole rings is 1. The summed E-state index contributed by atoms with van der Waals surface area (Å²) in [6, 6.07) is 7.87. The Kier molecular flexibility index (Phi) is 3.83. The van der Waals surface area contributed by atoms with Crippen LogP contribution in [0.15, 0.2) is 49.1 Å². The summed E-state index contributed by atoms with van der Waals surface area (Å²) in [4.78, 5) is 17.6. The number of aliphatic hydroxyl groups excluding tert-OH is 1. The van der Waals surface area contributed by atoms with Crippen LogP contribution in [0.25, 0.3) is 11.8 Å². The molecule has 1 aliphatic rings. The number of aliphatic hydroxyl groups is 1. The molecule has 2 heterocycles. The number of nitrogens with zero attached hydrogens (tertiary/aromatic N) is 3. The normalized spacial score (nSPS) is 18.5. The van der Waals surface area contributed by atoms with E-state index in [4.69, 9.17) is 0 Å². The molecule has 5 heteroatoms. The van der Waals surface area contributed by atoms with E-state index in [1.54, 1.807) is 29.6 Å². The van der Waals surface area contributed by atoms with Crippen molar-refractivity contribution in [1.29, 1.82) is 0 Å².